The maximum Gasteiger partial charge on any atom is 0.405 e. The van der Waals surface area contributed by atoms with Gasteiger partial charge in [0.15, 0.2) is 0 Å². The van der Waals surface area contributed by atoms with E-state index in [1.54, 1.807) is 0 Å². The third-order valence-corrected chi connectivity index (χ3v) is 5.80. The molecule has 2 N–H and O–H groups in total. The highest BCUT2D eigenvalue weighted by Crippen LogP contribution is 2.61. The van der Waals surface area contributed by atoms with Gasteiger partial charge >= 0.3 is 12.2 Å². The molecular formula is C15H23F3N2O. The standard InChI is InChI=1S/C15H23F3N2O/c1-9(20-13(21)19-8-15(16,17)18)14-5-10-2-11(6-14)4-12(3-10)7-14/h9-12H,2-8H2,1H3,(H2,19,20,21). The van der Waals surface area contributed by atoms with Crippen molar-refractivity contribution in [3.63, 3.8) is 0 Å². The van der Waals surface area contributed by atoms with Crippen molar-refractivity contribution in [2.45, 2.75) is 57.7 Å². The normalized spacial score (nSPS) is 39.1. The molecule has 4 fully saturated rings. The predicted octanol–water partition coefficient (Wildman–Crippen LogP) is 3.45. The molecule has 1 atom stereocenters. The Morgan fingerprint density at radius 3 is 2.05 bits per heavy atom. The van der Waals surface area contributed by atoms with Crippen molar-refractivity contribution in [3.05, 3.63) is 0 Å². The van der Waals surface area contributed by atoms with Crippen LogP contribution in [0.1, 0.15) is 45.4 Å². The molecule has 2 amide bonds. The van der Waals surface area contributed by atoms with Crippen molar-refractivity contribution in [3.8, 4) is 0 Å². The van der Waals surface area contributed by atoms with Gasteiger partial charge in [0, 0.05) is 6.04 Å². The number of halogens is 3. The van der Waals surface area contributed by atoms with Crippen molar-refractivity contribution in [1.29, 1.82) is 0 Å². The van der Waals surface area contributed by atoms with Crippen LogP contribution in [0.25, 0.3) is 0 Å². The van der Waals surface area contributed by atoms with Gasteiger partial charge in [0.1, 0.15) is 6.54 Å². The summed E-state index contributed by atoms with van der Waals surface area (Å²) in [5, 5.41) is 4.67. The van der Waals surface area contributed by atoms with E-state index < -0.39 is 18.8 Å². The van der Waals surface area contributed by atoms with Crippen molar-refractivity contribution in [2.75, 3.05) is 6.54 Å². The van der Waals surface area contributed by atoms with Crippen LogP contribution in [0.15, 0.2) is 0 Å². The van der Waals surface area contributed by atoms with Gasteiger partial charge in [0.05, 0.1) is 0 Å². The number of hydrogen-bond acceptors (Lipinski definition) is 1. The number of amides is 2. The Kier molecular flexibility index (Phi) is 3.61. The molecule has 120 valence electrons. The van der Waals surface area contributed by atoms with Gasteiger partial charge in [-0.3, -0.25) is 0 Å². The Balaban J connectivity index is 1.58. The van der Waals surface area contributed by atoms with Gasteiger partial charge in [-0.25, -0.2) is 4.79 Å². The number of carbonyl (C=O) groups excluding carboxylic acids is 1. The molecule has 1 unspecified atom stereocenters. The summed E-state index contributed by atoms with van der Waals surface area (Å²) in [6.07, 6.45) is 2.95. The van der Waals surface area contributed by atoms with Gasteiger partial charge in [0.2, 0.25) is 0 Å². The van der Waals surface area contributed by atoms with Crippen LogP contribution in [0.5, 0.6) is 0 Å². The van der Waals surface area contributed by atoms with Crippen LogP contribution in [0.2, 0.25) is 0 Å². The number of rotatable bonds is 3. The molecule has 4 aliphatic carbocycles. The minimum absolute atomic E-state index is 0.0564. The Hall–Kier alpha value is -0.940. The van der Waals surface area contributed by atoms with Crippen LogP contribution in [-0.2, 0) is 0 Å². The van der Waals surface area contributed by atoms with Gasteiger partial charge in [-0.1, -0.05) is 0 Å². The van der Waals surface area contributed by atoms with E-state index in [0.29, 0.717) is 0 Å². The highest BCUT2D eigenvalue weighted by molar-refractivity contribution is 5.74. The molecule has 21 heavy (non-hydrogen) atoms. The second-order valence-electron chi connectivity index (χ2n) is 7.44. The topological polar surface area (TPSA) is 41.1 Å². The number of nitrogens with one attached hydrogen (secondary N) is 2. The summed E-state index contributed by atoms with van der Waals surface area (Å²) in [4.78, 5) is 11.7. The minimum atomic E-state index is -4.36. The summed E-state index contributed by atoms with van der Waals surface area (Å²) in [7, 11) is 0. The van der Waals surface area contributed by atoms with Crippen LogP contribution in [0.4, 0.5) is 18.0 Å². The molecule has 4 rings (SSSR count). The Morgan fingerprint density at radius 1 is 1.14 bits per heavy atom. The van der Waals surface area contributed by atoms with E-state index in [0.717, 1.165) is 37.0 Å². The zero-order valence-corrected chi connectivity index (χ0v) is 12.3. The minimum Gasteiger partial charge on any atom is -0.335 e. The van der Waals surface area contributed by atoms with Crippen molar-refractivity contribution in [1.82, 2.24) is 10.6 Å². The fourth-order valence-corrected chi connectivity index (χ4v) is 5.29. The quantitative estimate of drug-likeness (QED) is 0.824. The number of alkyl halides is 3. The molecule has 6 heteroatoms. The Morgan fingerprint density at radius 2 is 1.62 bits per heavy atom. The van der Waals surface area contributed by atoms with Crippen LogP contribution in [0.3, 0.4) is 0 Å². The van der Waals surface area contributed by atoms with E-state index in [1.165, 1.54) is 19.3 Å². The molecule has 0 aliphatic heterocycles. The zero-order chi connectivity index (χ0) is 15.3. The van der Waals surface area contributed by atoms with Crippen LogP contribution >= 0.6 is 0 Å². The van der Waals surface area contributed by atoms with Crippen molar-refractivity contribution in [2.24, 2.45) is 23.2 Å². The molecule has 0 heterocycles. The maximum atomic E-state index is 12.1. The van der Waals surface area contributed by atoms with E-state index in [4.69, 9.17) is 0 Å². The Labute approximate surface area is 123 Å². The van der Waals surface area contributed by atoms with Gasteiger partial charge < -0.3 is 10.6 Å². The van der Waals surface area contributed by atoms with E-state index in [1.807, 2.05) is 12.2 Å². The lowest BCUT2D eigenvalue weighted by molar-refractivity contribution is -0.122. The lowest BCUT2D eigenvalue weighted by Gasteiger charge is -2.59. The maximum absolute atomic E-state index is 12.1. The molecule has 0 radical (unpaired) electrons. The molecule has 3 nitrogen and oxygen atoms in total. The van der Waals surface area contributed by atoms with Gasteiger partial charge in [-0.05, 0) is 68.6 Å². The number of carbonyl (C=O) groups is 1. The van der Waals surface area contributed by atoms with E-state index in [2.05, 4.69) is 5.32 Å². The van der Waals surface area contributed by atoms with Crippen LogP contribution < -0.4 is 10.6 Å². The van der Waals surface area contributed by atoms with E-state index >= 15 is 0 Å². The molecular weight excluding hydrogens is 281 g/mol. The summed E-state index contributed by atoms with van der Waals surface area (Å²) >= 11 is 0. The first-order valence-corrected chi connectivity index (χ1v) is 7.87. The van der Waals surface area contributed by atoms with Gasteiger partial charge in [-0.15, -0.1) is 0 Å². The average Bonchev–Trinajstić information content (AvgIpc) is 2.34. The smallest absolute Gasteiger partial charge is 0.335 e. The third kappa shape index (κ3) is 3.14. The van der Waals surface area contributed by atoms with Crippen molar-refractivity contribution >= 4 is 6.03 Å². The SMILES string of the molecule is CC(NC(=O)NCC(F)(F)F)C12CC3CC(CC(C3)C1)C2. The lowest BCUT2D eigenvalue weighted by Crippen LogP contribution is -2.57. The predicted molar refractivity (Wildman–Crippen MR) is 72.7 cm³/mol. The Bertz CT molecular complexity index is 386. The fraction of sp³-hybridized carbons (Fsp3) is 0.933. The second kappa shape index (κ2) is 5.06. The zero-order valence-electron chi connectivity index (χ0n) is 12.3. The summed E-state index contributed by atoms with van der Waals surface area (Å²) in [6, 6.07) is -0.755. The summed E-state index contributed by atoms with van der Waals surface area (Å²) in [5.41, 5.74) is 0.115. The summed E-state index contributed by atoms with van der Waals surface area (Å²) in [6.45, 7) is 0.687. The lowest BCUT2D eigenvalue weighted by atomic mass is 9.48. The first-order valence-electron chi connectivity index (χ1n) is 7.87. The molecule has 0 aromatic carbocycles. The molecule has 4 aliphatic rings. The third-order valence-electron chi connectivity index (χ3n) is 5.80. The second-order valence-corrected chi connectivity index (χ2v) is 7.44. The van der Waals surface area contributed by atoms with Crippen LogP contribution in [0, 0.1) is 23.2 Å². The van der Waals surface area contributed by atoms with E-state index in [-0.39, 0.29) is 11.5 Å². The molecule has 0 aromatic heterocycles. The van der Waals surface area contributed by atoms with Gasteiger partial charge in [0.25, 0.3) is 0 Å². The summed E-state index contributed by atoms with van der Waals surface area (Å²) in [5.74, 6) is 2.29. The first kappa shape index (κ1) is 15.0. The highest BCUT2D eigenvalue weighted by Gasteiger charge is 2.53. The monoisotopic (exact) mass is 304 g/mol. The highest BCUT2D eigenvalue weighted by atomic mass is 19.4. The molecule has 0 spiro atoms. The molecule has 4 saturated carbocycles. The largest absolute Gasteiger partial charge is 0.405 e. The van der Waals surface area contributed by atoms with Crippen LogP contribution in [-0.4, -0.2) is 24.8 Å². The number of hydrogen-bond donors (Lipinski definition) is 2. The first-order chi connectivity index (χ1) is 9.76. The van der Waals surface area contributed by atoms with E-state index in [9.17, 15) is 18.0 Å². The van der Waals surface area contributed by atoms with Gasteiger partial charge in [-0.2, -0.15) is 13.2 Å². The molecule has 4 bridgehead atoms. The number of urea groups is 1. The van der Waals surface area contributed by atoms with Crippen molar-refractivity contribution < 1.29 is 18.0 Å². The fourth-order valence-electron chi connectivity index (χ4n) is 5.29. The summed E-state index contributed by atoms with van der Waals surface area (Å²) < 4.78 is 36.4. The molecule has 0 aromatic rings. The average molecular weight is 304 g/mol. The molecule has 0 saturated heterocycles.